The number of aromatic nitrogens is 3. The molecule has 0 unspecified atom stereocenters. The van der Waals surface area contributed by atoms with Gasteiger partial charge in [0.25, 0.3) is 5.56 Å². The van der Waals surface area contributed by atoms with Crippen molar-refractivity contribution in [3.05, 3.63) is 73.3 Å². The third-order valence-corrected chi connectivity index (χ3v) is 7.04. The molecule has 0 spiro atoms. The van der Waals surface area contributed by atoms with E-state index in [0.29, 0.717) is 6.67 Å². The van der Waals surface area contributed by atoms with Crippen molar-refractivity contribution in [1.82, 2.24) is 30.5 Å². The Kier molecular flexibility index (Phi) is 14.5. The van der Waals surface area contributed by atoms with E-state index < -0.39 is 0 Å². The molecule has 3 heterocycles. The maximum Gasteiger partial charge on any atom is 0.254 e. The SMILES string of the molecule is CNCN(C)c1cc(C)c(C)c(C)n1.CNCN(C)c1nc(C)cc(C)c1C.CNCn1c(O)c(C)c(C)cc1=O. The molecular formula is C31H52N8O2. The van der Waals surface area contributed by atoms with Crippen LogP contribution >= 0.6 is 0 Å². The van der Waals surface area contributed by atoms with E-state index in [4.69, 9.17) is 0 Å². The van der Waals surface area contributed by atoms with Crippen LogP contribution in [0, 0.1) is 55.4 Å². The van der Waals surface area contributed by atoms with Crippen LogP contribution in [0.1, 0.15) is 44.8 Å². The van der Waals surface area contributed by atoms with Crippen molar-refractivity contribution in [3.63, 3.8) is 0 Å². The van der Waals surface area contributed by atoms with Crippen molar-refractivity contribution in [2.24, 2.45) is 0 Å². The fourth-order valence-electron chi connectivity index (χ4n) is 4.12. The molecule has 3 rings (SSSR count). The molecule has 228 valence electrons. The van der Waals surface area contributed by atoms with E-state index in [9.17, 15) is 9.90 Å². The van der Waals surface area contributed by atoms with Gasteiger partial charge in [-0.25, -0.2) is 9.97 Å². The van der Waals surface area contributed by atoms with Gasteiger partial charge in [0.2, 0.25) is 0 Å². The third kappa shape index (κ3) is 10.1. The summed E-state index contributed by atoms with van der Waals surface area (Å²) in [6.45, 7) is 18.1. The molecule has 0 radical (unpaired) electrons. The van der Waals surface area contributed by atoms with Gasteiger partial charge >= 0.3 is 0 Å². The smallest absolute Gasteiger partial charge is 0.254 e. The Labute approximate surface area is 246 Å². The second-order valence-corrected chi connectivity index (χ2v) is 10.5. The highest BCUT2D eigenvalue weighted by Gasteiger charge is 2.09. The van der Waals surface area contributed by atoms with Crippen LogP contribution in [-0.2, 0) is 6.67 Å². The monoisotopic (exact) mass is 568 g/mol. The molecule has 3 aromatic rings. The zero-order chi connectivity index (χ0) is 31.4. The van der Waals surface area contributed by atoms with Gasteiger partial charge in [-0.1, -0.05) is 0 Å². The first kappa shape index (κ1) is 35.6. The van der Waals surface area contributed by atoms with Crippen molar-refractivity contribution in [3.8, 4) is 5.88 Å². The maximum atomic E-state index is 11.4. The summed E-state index contributed by atoms with van der Waals surface area (Å²) in [7, 11) is 9.68. The average molecular weight is 569 g/mol. The van der Waals surface area contributed by atoms with Crippen molar-refractivity contribution < 1.29 is 5.11 Å². The molecule has 4 N–H and O–H groups in total. The number of hydrogen-bond donors (Lipinski definition) is 4. The summed E-state index contributed by atoms with van der Waals surface area (Å²) in [6.07, 6.45) is 0. The average Bonchev–Trinajstić information content (AvgIpc) is 2.91. The second kappa shape index (κ2) is 16.7. The van der Waals surface area contributed by atoms with Crippen LogP contribution in [0.15, 0.2) is 23.0 Å². The predicted molar refractivity (Wildman–Crippen MR) is 172 cm³/mol. The number of nitrogens with zero attached hydrogens (tertiary/aromatic N) is 5. The number of rotatable bonds is 8. The molecule has 0 fully saturated rings. The van der Waals surface area contributed by atoms with Gasteiger partial charge in [0.05, 0.1) is 20.0 Å². The standard InChI is InChI=1S/2C11H19N3.C9H14N2O2/c1-8-6-11(14(5)7-12-4)13-10(3)9(8)2;1-8-6-9(2)13-11(10(8)3)14(5)7-12-4;1-6-4-8(12)11(5-10-3)9(13)7(6)2/h2*6,12H,7H2,1-5H3;4,10,13H,5H2,1-3H3. The van der Waals surface area contributed by atoms with Crippen LogP contribution < -0.4 is 31.3 Å². The summed E-state index contributed by atoms with van der Waals surface area (Å²) in [5, 5.41) is 18.7. The Bertz CT molecular complexity index is 1310. The Morgan fingerprint density at radius 2 is 1.27 bits per heavy atom. The first-order valence-corrected chi connectivity index (χ1v) is 13.9. The van der Waals surface area contributed by atoms with Crippen LogP contribution in [0.2, 0.25) is 0 Å². The molecule has 0 aliphatic rings. The van der Waals surface area contributed by atoms with Crippen molar-refractivity contribution in [2.75, 3.05) is 58.4 Å². The minimum Gasteiger partial charge on any atom is -0.494 e. The molecule has 0 amide bonds. The molecule has 0 aliphatic heterocycles. The van der Waals surface area contributed by atoms with Gasteiger partial charge in [-0.05, 0) is 116 Å². The summed E-state index contributed by atoms with van der Waals surface area (Å²) in [6, 6.07) is 5.76. The minimum atomic E-state index is -0.185. The highest BCUT2D eigenvalue weighted by molar-refractivity contribution is 5.50. The molecule has 0 saturated carbocycles. The summed E-state index contributed by atoms with van der Waals surface area (Å²) in [5.41, 5.74) is 8.71. The first-order valence-electron chi connectivity index (χ1n) is 13.9. The molecule has 0 aliphatic carbocycles. The molecule has 10 heteroatoms. The van der Waals surface area contributed by atoms with Crippen LogP contribution in [0.3, 0.4) is 0 Å². The van der Waals surface area contributed by atoms with E-state index in [-0.39, 0.29) is 11.4 Å². The molecular weight excluding hydrogens is 516 g/mol. The molecule has 10 nitrogen and oxygen atoms in total. The number of hydrogen-bond acceptors (Lipinski definition) is 9. The number of pyridine rings is 3. The quantitative estimate of drug-likeness (QED) is 0.303. The summed E-state index contributed by atoms with van der Waals surface area (Å²) >= 11 is 0. The Morgan fingerprint density at radius 3 is 1.80 bits per heavy atom. The van der Waals surface area contributed by atoms with E-state index in [1.165, 1.54) is 32.9 Å². The molecule has 41 heavy (non-hydrogen) atoms. The number of nitrogens with one attached hydrogen (secondary N) is 3. The third-order valence-electron chi connectivity index (χ3n) is 7.04. The molecule has 0 atom stereocenters. The van der Waals surface area contributed by atoms with Gasteiger partial charge in [-0.2, -0.15) is 0 Å². The van der Waals surface area contributed by atoms with E-state index >= 15 is 0 Å². The Hall–Kier alpha value is -3.47. The van der Waals surface area contributed by atoms with Gasteiger partial charge in [0.15, 0.2) is 5.88 Å². The fraction of sp³-hybridized carbons (Fsp3) is 0.516. The van der Waals surface area contributed by atoms with Crippen LogP contribution in [0.25, 0.3) is 0 Å². The lowest BCUT2D eigenvalue weighted by Gasteiger charge is -2.21. The van der Waals surface area contributed by atoms with Crippen LogP contribution in [-0.4, -0.2) is 68.2 Å². The fourth-order valence-corrected chi connectivity index (χ4v) is 4.12. The van der Waals surface area contributed by atoms with Gasteiger partial charge < -0.3 is 30.9 Å². The van der Waals surface area contributed by atoms with Crippen LogP contribution in [0.4, 0.5) is 11.6 Å². The zero-order valence-corrected chi connectivity index (χ0v) is 27.4. The zero-order valence-electron chi connectivity index (χ0n) is 27.4. The van der Waals surface area contributed by atoms with Crippen molar-refractivity contribution >= 4 is 11.6 Å². The highest BCUT2D eigenvalue weighted by atomic mass is 16.3. The molecule has 3 aromatic heterocycles. The molecule has 0 aromatic carbocycles. The van der Waals surface area contributed by atoms with Gasteiger partial charge in [0.1, 0.15) is 11.6 Å². The molecule has 0 bridgehead atoms. The number of aryl methyl sites for hydroxylation is 5. The summed E-state index contributed by atoms with van der Waals surface area (Å²) in [4.78, 5) is 24.7. The number of anilines is 2. The van der Waals surface area contributed by atoms with Gasteiger partial charge in [-0.3, -0.25) is 9.36 Å². The first-order chi connectivity index (χ1) is 19.2. The lowest BCUT2D eigenvalue weighted by atomic mass is 10.1. The summed E-state index contributed by atoms with van der Waals surface area (Å²) < 4.78 is 1.29. The van der Waals surface area contributed by atoms with Crippen molar-refractivity contribution in [1.29, 1.82) is 0 Å². The Morgan fingerprint density at radius 1 is 0.732 bits per heavy atom. The minimum absolute atomic E-state index is 0.0411. The second-order valence-electron chi connectivity index (χ2n) is 10.5. The number of aromatic hydroxyl groups is 1. The van der Waals surface area contributed by atoms with E-state index in [1.54, 1.807) is 20.9 Å². The highest BCUT2D eigenvalue weighted by Crippen LogP contribution is 2.20. The van der Waals surface area contributed by atoms with E-state index in [1.807, 2.05) is 35.1 Å². The van der Waals surface area contributed by atoms with E-state index in [2.05, 4.69) is 82.5 Å². The Balaban J connectivity index is 0.000000308. The predicted octanol–water partition coefficient (Wildman–Crippen LogP) is 3.59. The van der Waals surface area contributed by atoms with Gasteiger partial charge in [-0.15, -0.1) is 0 Å². The topological polar surface area (TPSA) is 111 Å². The maximum absolute atomic E-state index is 11.4. The van der Waals surface area contributed by atoms with Gasteiger partial charge in [0, 0.05) is 37.1 Å². The van der Waals surface area contributed by atoms with E-state index in [0.717, 1.165) is 47.5 Å². The van der Waals surface area contributed by atoms with Crippen molar-refractivity contribution in [2.45, 2.75) is 62.1 Å². The summed E-state index contributed by atoms with van der Waals surface area (Å²) in [5.74, 6) is 2.14. The lowest BCUT2D eigenvalue weighted by Crippen LogP contribution is -2.29. The molecule has 0 saturated heterocycles. The normalized spacial score (nSPS) is 10.4. The lowest BCUT2D eigenvalue weighted by molar-refractivity contribution is 0.392. The largest absolute Gasteiger partial charge is 0.494 e. The van der Waals surface area contributed by atoms with Crippen LogP contribution in [0.5, 0.6) is 5.88 Å².